The Kier molecular flexibility index (Phi) is 12.2. The smallest absolute Gasteiger partial charge is 0.407 e. The minimum Gasteiger partial charge on any atom is -0.445 e. The quantitative estimate of drug-likeness (QED) is 0.262. The molecular weight excluding hydrogens is 462 g/mol. The highest BCUT2D eigenvalue weighted by Gasteiger charge is 2.17. The standard InChI is InChI=1S/C31H39N3O3/c32-22-10-17-29(34-31(36)37-24-26-13-6-2-7-14-26)23-33-30(35)21-20-28(27-15-8-3-9-16-27)19-18-25-11-4-1-5-12-25/h1-9,11-16,28-29H,10,17-24,32H2,(H,33,35)(H,34,36)/t28?,29-/m1/s1. The van der Waals surface area contributed by atoms with E-state index in [1.54, 1.807) is 0 Å². The summed E-state index contributed by atoms with van der Waals surface area (Å²) in [7, 11) is 0. The van der Waals surface area contributed by atoms with E-state index in [0.29, 0.717) is 31.8 Å². The number of amides is 2. The maximum atomic E-state index is 12.7. The largest absolute Gasteiger partial charge is 0.445 e. The molecule has 6 nitrogen and oxygen atoms in total. The third-order valence-corrected chi connectivity index (χ3v) is 6.45. The fraction of sp³-hybridized carbons (Fsp3) is 0.355. The minimum atomic E-state index is -0.495. The van der Waals surface area contributed by atoms with Crippen LogP contribution in [0.1, 0.15) is 54.7 Å². The number of carbonyl (C=O) groups excluding carboxylic acids is 2. The molecule has 0 bridgehead atoms. The number of hydrogen-bond acceptors (Lipinski definition) is 4. The summed E-state index contributed by atoms with van der Waals surface area (Å²) in [5.74, 6) is 0.282. The number of nitrogens with one attached hydrogen (secondary N) is 2. The average Bonchev–Trinajstić information content (AvgIpc) is 2.95. The van der Waals surface area contributed by atoms with Crippen LogP contribution in [0.3, 0.4) is 0 Å². The lowest BCUT2D eigenvalue weighted by Crippen LogP contribution is -2.44. The molecule has 0 fully saturated rings. The zero-order valence-electron chi connectivity index (χ0n) is 21.5. The van der Waals surface area contributed by atoms with Crippen molar-refractivity contribution in [3.63, 3.8) is 0 Å². The van der Waals surface area contributed by atoms with Gasteiger partial charge in [0, 0.05) is 19.0 Å². The average molecular weight is 502 g/mol. The molecule has 0 saturated heterocycles. The van der Waals surface area contributed by atoms with Crippen LogP contribution in [0.4, 0.5) is 4.79 Å². The Hall–Kier alpha value is -3.64. The van der Waals surface area contributed by atoms with Crippen LogP contribution in [0.2, 0.25) is 0 Å². The van der Waals surface area contributed by atoms with Crippen LogP contribution in [-0.2, 0) is 22.6 Å². The molecule has 0 heterocycles. The number of ether oxygens (including phenoxy) is 1. The number of alkyl carbamates (subject to hydrolysis) is 1. The highest BCUT2D eigenvalue weighted by Crippen LogP contribution is 2.26. The maximum Gasteiger partial charge on any atom is 0.407 e. The fourth-order valence-corrected chi connectivity index (χ4v) is 4.34. The van der Waals surface area contributed by atoms with Crippen molar-refractivity contribution in [1.29, 1.82) is 0 Å². The van der Waals surface area contributed by atoms with Crippen molar-refractivity contribution in [3.8, 4) is 0 Å². The van der Waals surface area contributed by atoms with Gasteiger partial charge in [-0.25, -0.2) is 4.79 Å². The number of rotatable bonds is 15. The molecule has 0 aromatic heterocycles. The van der Waals surface area contributed by atoms with Crippen molar-refractivity contribution in [2.75, 3.05) is 13.1 Å². The molecular formula is C31H39N3O3. The fourth-order valence-electron chi connectivity index (χ4n) is 4.34. The molecule has 0 aliphatic heterocycles. The third-order valence-electron chi connectivity index (χ3n) is 6.45. The molecule has 0 aliphatic rings. The van der Waals surface area contributed by atoms with E-state index in [-0.39, 0.29) is 18.6 Å². The Morgan fingerprint density at radius 2 is 1.41 bits per heavy atom. The lowest BCUT2D eigenvalue weighted by Gasteiger charge is -2.20. The molecule has 2 atom stereocenters. The number of carbonyl (C=O) groups is 2. The summed E-state index contributed by atoms with van der Waals surface area (Å²) in [6.45, 7) is 1.07. The first-order valence-electron chi connectivity index (χ1n) is 13.2. The van der Waals surface area contributed by atoms with E-state index in [4.69, 9.17) is 10.5 Å². The van der Waals surface area contributed by atoms with Crippen LogP contribution < -0.4 is 16.4 Å². The molecule has 4 N–H and O–H groups in total. The molecule has 196 valence electrons. The van der Waals surface area contributed by atoms with Gasteiger partial charge in [0.05, 0.1) is 0 Å². The number of benzene rings is 3. The Labute approximate surface area is 220 Å². The van der Waals surface area contributed by atoms with E-state index < -0.39 is 6.09 Å². The van der Waals surface area contributed by atoms with Gasteiger partial charge in [-0.05, 0) is 61.3 Å². The molecule has 37 heavy (non-hydrogen) atoms. The second-order valence-corrected chi connectivity index (χ2v) is 9.31. The molecule has 3 aromatic carbocycles. The van der Waals surface area contributed by atoms with E-state index in [1.165, 1.54) is 11.1 Å². The van der Waals surface area contributed by atoms with Crippen LogP contribution in [0.25, 0.3) is 0 Å². The first kappa shape index (κ1) is 27.9. The van der Waals surface area contributed by atoms with Gasteiger partial charge < -0.3 is 21.1 Å². The molecule has 0 spiro atoms. The summed E-state index contributed by atoms with van der Waals surface area (Å²) in [4.78, 5) is 25.1. The number of aryl methyl sites for hydroxylation is 1. The Morgan fingerprint density at radius 1 is 0.784 bits per heavy atom. The molecule has 0 radical (unpaired) electrons. The van der Waals surface area contributed by atoms with E-state index in [9.17, 15) is 9.59 Å². The Morgan fingerprint density at radius 3 is 2.05 bits per heavy atom. The van der Waals surface area contributed by atoms with Crippen molar-refractivity contribution in [2.24, 2.45) is 5.73 Å². The molecule has 1 unspecified atom stereocenters. The molecule has 3 rings (SSSR count). The van der Waals surface area contributed by atoms with Crippen molar-refractivity contribution >= 4 is 12.0 Å². The lowest BCUT2D eigenvalue weighted by atomic mass is 9.88. The van der Waals surface area contributed by atoms with E-state index in [2.05, 4.69) is 59.2 Å². The highest BCUT2D eigenvalue weighted by atomic mass is 16.5. The summed E-state index contributed by atoms with van der Waals surface area (Å²) in [6, 6.07) is 30.1. The van der Waals surface area contributed by atoms with Crippen LogP contribution >= 0.6 is 0 Å². The predicted molar refractivity (Wildman–Crippen MR) is 148 cm³/mol. The SMILES string of the molecule is NCCC[C@H](CNC(=O)CCC(CCc1ccccc1)c1ccccc1)NC(=O)OCc1ccccc1. The van der Waals surface area contributed by atoms with E-state index >= 15 is 0 Å². The normalized spacial score (nSPS) is 12.4. The van der Waals surface area contributed by atoms with Gasteiger partial charge in [0.25, 0.3) is 0 Å². The molecule has 0 aliphatic carbocycles. The third kappa shape index (κ3) is 10.9. The second-order valence-electron chi connectivity index (χ2n) is 9.31. The topological polar surface area (TPSA) is 93.5 Å². The van der Waals surface area contributed by atoms with Crippen molar-refractivity contribution in [1.82, 2.24) is 10.6 Å². The van der Waals surface area contributed by atoms with Gasteiger partial charge in [-0.3, -0.25) is 4.79 Å². The van der Waals surface area contributed by atoms with Crippen molar-refractivity contribution in [3.05, 3.63) is 108 Å². The molecule has 6 heteroatoms. The number of hydrogen-bond donors (Lipinski definition) is 3. The van der Waals surface area contributed by atoms with Crippen LogP contribution in [0.15, 0.2) is 91.0 Å². The zero-order valence-corrected chi connectivity index (χ0v) is 21.5. The maximum absolute atomic E-state index is 12.7. The summed E-state index contributed by atoms with van der Waals surface area (Å²) in [6.07, 6.45) is 4.06. The van der Waals surface area contributed by atoms with Crippen LogP contribution in [0.5, 0.6) is 0 Å². The van der Waals surface area contributed by atoms with Gasteiger partial charge >= 0.3 is 6.09 Å². The number of nitrogens with two attached hydrogens (primary N) is 1. The summed E-state index contributed by atoms with van der Waals surface area (Å²) in [5, 5.41) is 5.88. The van der Waals surface area contributed by atoms with Crippen LogP contribution in [0, 0.1) is 0 Å². The lowest BCUT2D eigenvalue weighted by molar-refractivity contribution is -0.121. The summed E-state index contributed by atoms with van der Waals surface area (Å²) >= 11 is 0. The van der Waals surface area contributed by atoms with Gasteiger partial charge in [-0.2, -0.15) is 0 Å². The van der Waals surface area contributed by atoms with Gasteiger partial charge in [0.1, 0.15) is 6.61 Å². The monoisotopic (exact) mass is 501 g/mol. The zero-order chi connectivity index (χ0) is 26.1. The summed E-state index contributed by atoms with van der Waals surface area (Å²) in [5.41, 5.74) is 9.16. The Bertz CT molecular complexity index is 1050. The first-order chi connectivity index (χ1) is 18.1. The Balaban J connectivity index is 1.47. The van der Waals surface area contributed by atoms with Gasteiger partial charge in [-0.15, -0.1) is 0 Å². The first-order valence-corrected chi connectivity index (χ1v) is 13.2. The van der Waals surface area contributed by atoms with Crippen molar-refractivity contribution < 1.29 is 14.3 Å². The van der Waals surface area contributed by atoms with Crippen LogP contribution in [-0.4, -0.2) is 31.1 Å². The molecule has 2 amide bonds. The van der Waals surface area contributed by atoms with E-state index in [0.717, 1.165) is 31.2 Å². The second kappa shape index (κ2) is 16.2. The molecule has 0 saturated carbocycles. The van der Waals surface area contributed by atoms with E-state index in [1.807, 2.05) is 42.5 Å². The van der Waals surface area contributed by atoms with Gasteiger partial charge in [0.15, 0.2) is 0 Å². The molecule has 3 aromatic rings. The minimum absolute atomic E-state index is 0.0159. The predicted octanol–water partition coefficient (Wildman–Crippen LogP) is 5.33. The van der Waals surface area contributed by atoms with Gasteiger partial charge in [0.2, 0.25) is 5.91 Å². The van der Waals surface area contributed by atoms with Crippen molar-refractivity contribution in [2.45, 2.75) is 57.1 Å². The highest BCUT2D eigenvalue weighted by molar-refractivity contribution is 5.76. The van der Waals surface area contributed by atoms with Gasteiger partial charge in [-0.1, -0.05) is 91.0 Å². The summed E-state index contributed by atoms with van der Waals surface area (Å²) < 4.78 is 5.34.